The van der Waals surface area contributed by atoms with E-state index in [1.807, 2.05) is 55.9 Å². The molecule has 0 fully saturated rings. The molecule has 1 radical (unpaired) electrons. The minimum absolute atomic E-state index is 0.333. The molecule has 1 aliphatic heterocycles. The van der Waals surface area contributed by atoms with Crippen LogP contribution in [0, 0.1) is 13.8 Å². The van der Waals surface area contributed by atoms with Crippen LogP contribution in [0.4, 0.5) is 17.3 Å². The lowest BCUT2D eigenvalue weighted by Crippen LogP contribution is -2.18. The van der Waals surface area contributed by atoms with Crippen molar-refractivity contribution in [1.29, 1.82) is 0 Å². The van der Waals surface area contributed by atoms with Gasteiger partial charge in [0.2, 0.25) is 0 Å². The molecular weight excluding hydrogens is 390 g/mol. The van der Waals surface area contributed by atoms with E-state index < -0.39 is 0 Å². The lowest BCUT2D eigenvalue weighted by molar-refractivity contribution is 0.0965. The van der Waals surface area contributed by atoms with E-state index in [0.29, 0.717) is 22.9 Å². The number of hydrogen-bond donors (Lipinski definition) is 2. The molecule has 1 amide bonds. The molecule has 31 heavy (non-hydrogen) atoms. The van der Waals surface area contributed by atoms with E-state index in [0.717, 1.165) is 39.0 Å². The van der Waals surface area contributed by atoms with Crippen molar-refractivity contribution >= 4 is 40.2 Å². The number of carbonyl (C=O) groups is 1. The zero-order valence-corrected chi connectivity index (χ0v) is 17.3. The van der Waals surface area contributed by atoms with Gasteiger partial charge >= 0.3 is 0 Å². The highest BCUT2D eigenvalue weighted by Gasteiger charge is 2.22. The number of nitrogens with two attached hydrogens (primary N) is 1. The third-order valence-electron chi connectivity index (χ3n) is 5.52. The van der Waals surface area contributed by atoms with E-state index in [-0.39, 0.29) is 5.91 Å². The third-order valence-corrected chi connectivity index (χ3v) is 5.52. The molecule has 0 saturated carbocycles. The Morgan fingerprint density at radius 2 is 1.97 bits per heavy atom. The number of fused-ring (bicyclic) bond motifs is 2. The summed E-state index contributed by atoms with van der Waals surface area (Å²) in [7, 11) is 1.92. The van der Waals surface area contributed by atoms with Gasteiger partial charge in [-0.3, -0.25) is 9.48 Å². The molecule has 0 unspecified atom stereocenters. The van der Waals surface area contributed by atoms with E-state index in [9.17, 15) is 4.79 Å². The molecule has 4 aromatic rings. The van der Waals surface area contributed by atoms with Crippen molar-refractivity contribution in [3.63, 3.8) is 0 Å². The Morgan fingerprint density at radius 1 is 1.13 bits per heavy atom. The molecule has 0 atom stereocenters. The molecule has 4 heterocycles. The predicted molar refractivity (Wildman–Crippen MR) is 121 cm³/mol. The van der Waals surface area contributed by atoms with Gasteiger partial charge in [-0.25, -0.2) is 15.3 Å². The average molecular weight is 410 g/mol. The molecule has 0 aliphatic carbocycles. The summed E-state index contributed by atoms with van der Waals surface area (Å²) in [6, 6.07) is 9.70. The summed E-state index contributed by atoms with van der Waals surface area (Å²) >= 11 is 0. The number of benzene rings is 1. The zero-order chi connectivity index (χ0) is 21.7. The van der Waals surface area contributed by atoms with Crippen LogP contribution in [0.15, 0.2) is 42.7 Å². The molecule has 1 aliphatic rings. The second-order valence-electron chi connectivity index (χ2n) is 7.56. The Balaban J connectivity index is 1.63. The van der Waals surface area contributed by atoms with Crippen molar-refractivity contribution in [2.45, 2.75) is 13.8 Å². The number of rotatable bonds is 3. The van der Waals surface area contributed by atoms with E-state index in [1.165, 1.54) is 6.20 Å². The summed E-state index contributed by atoms with van der Waals surface area (Å²) in [5.74, 6) is 0.584. The van der Waals surface area contributed by atoms with Crippen molar-refractivity contribution in [2.24, 2.45) is 7.05 Å². The van der Waals surface area contributed by atoms with Crippen LogP contribution in [0.25, 0.3) is 28.2 Å². The summed E-state index contributed by atoms with van der Waals surface area (Å²) in [5, 5.41) is 12.8. The second kappa shape index (κ2) is 6.94. The van der Waals surface area contributed by atoms with Crippen LogP contribution in [0.2, 0.25) is 0 Å². The Morgan fingerprint density at radius 3 is 2.77 bits per heavy atom. The fourth-order valence-electron chi connectivity index (χ4n) is 3.68. The third kappa shape index (κ3) is 3.18. The van der Waals surface area contributed by atoms with Gasteiger partial charge in [0.25, 0.3) is 5.91 Å². The molecule has 8 nitrogen and oxygen atoms in total. The summed E-state index contributed by atoms with van der Waals surface area (Å²) < 4.78 is 1.85. The summed E-state index contributed by atoms with van der Waals surface area (Å²) in [6.07, 6.45) is 4.99. The largest absolute Gasteiger partial charge is 0.383 e. The van der Waals surface area contributed by atoms with E-state index in [1.54, 1.807) is 12.3 Å². The number of aryl methyl sites for hydroxylation is 3. The van der Waals surface area contributed by atoms with Crippen molar-refractivity contribution in [2.75, 3.05) is 11.1 Å². The molecule has 0 spiro atoms. The predicted octanol–water partition coefficient (Wildman–Crippen LogP) is 3.70. The average Bonchev–Trinajstić information content (AvgIpc) is 3.03. The molecular formula is C23H20N7O. The quantitative estimate of drug-likeness (QED) is 0.532. The van der Waals surface area contributed by atoms with Crippen molar-refractivity contribution < 1.29 is 4.79 Å². The van der Waals surface area contributed by atoms with Crippen LogP contribution >= 0.6 is 0 Å². The molecule has 3 N–H and O–H groups in total. The summed E-state index contributed by atoms with van der Waals surface area (Å²) in [4.78, 5) is 21.5. The maximum atomic E-state index is 12.6. The fourth-order valence-corrected chi connectivity index (χ4v) is 3.68. The van der Waals surface area contributed by atoms with Crippen LogP contribution in [-0.2, 0) is 7.05 Å². The monoisotopic (exact) mass is 410 g/mol. The van der Waals surface area contributed by atoms with Crippen molar-refractivity contribution in [1.82, 2.24) is 25.1 Å². The first-order valence-electron chi connectivity index (χ1n) is 9.80. The highest BCUT2D eigenvalue weighted by atomic mass is 16.1. The van der Waals surface area contributed by atoms with Gasteiger partial charge in [0, 0.05) is 41.8 Å². The molecule has 0 saturated heterocycles. The Bertz CT molecular complexity index is 1400. The van der Waals surface area contributed by atoms with Gasteiger partial charge in [-0.05, 0) is 61.4 Å². The maximum Gasteiger partial charge on any atom is 0.281 e. The van der Waals surface area contributed by atoms with Crippen LogP contribution in [0.5, 0.6) is 0 Å². The van der Waals surface area contributed by atoms with Crippen LogP contribution in [0.1, 0.15) is 27.2 Å². The fraction of sp³-hybridized carbons (Fsp3) is 0.130. The number of carbonyl (C=O) groups excluding carboxylic acids is 1. The maximum absolute atomic E-state index is 12.6. The minimum atomic E-state index is -0.333. The van der Waals surface area contributed by atoms with E-state index in [2.05, 4.69) is 20.7 Å². The number of nitrogens with one attached hydrogen (secondary N) is 1. The SMILES string of the molecule is Cc1cc(-c2cc3c(c(Nc4ccc5c(C)n(C)nc5c4)n2)C(=O)[N]C=C3)cnc1N. The first-order valence-corrected chi connectivity index (χ1v) is 9.80. The van der Waals surface area contributed by atoms with E-state index in [4.69, 9.17) is 10.7 Å². The van der Waals surface area contributed by atoms with Crippen LogP contribution in [0.3, 0.4) is 0 Å². The van der Waals surface area contributed by atoms with Gasteiger partial charge in [0.05, 0.1) is 16.8 Å². The molecule has 3 aromatic heterocycles. The number of pyridine rings is 2. The highest BCUT2D eigenvalue weighted by molar-refractivity contribution is 6.05. The minimum Gasteiger partial charge on any atom is -0.383 e. The normalized spacial score (nSPS) is 12.7. The van der Waals surface area contributed by atoms with Gasteiger partial charge < -0.3 is 11.1 Å². The highest BCUT2D eigenvalue weighted by Crippen LogP contribution is 2.32. The van der Waals surface area contributed by atoms with Crippen molar-refractivity contribution in [3.8, 4) is 11.3 Å². The lowest BCUT2D eigenvalue weighted by atomic mass is 10.0. The number of nitrogens with zero attached hydrogens (tertiary/aromatic N) is 5. The van der Waals surface area contributed by atoms with Crippen molar-refractivity contribution in [3.05, 3.63) is 65.1 Å². The number of amides is 1. The number of hydrogen-bond acceptors (Lipinski definition) is 6. The number of anilines is 3. The van der Waals surface area contributed by atoms with Crippen LogP contribution < -0.4 is 16.4 Å². The smallest absolute Gasteiger partial charge is 0.281 e. The van der Waals surface area contributed by atoms with Gasteiger partial charge in [-0.1, -0.05) is 0 Å². The molecule has 0 bridgehead atoms. The van der Waals surface area contributed by atoms with Gasteiger partial charge in [-0.15, -0.1) is 0 Å². The standard InChI is InChI=1S/C23H20N7O/c1-12-8-15(11-26-21(12)24)18-9-14-6-7-25-23(31)20(14)22(28-18)27-16-4-5-17-13(2)30(3)29-19(17)10-16/h4-11H,1-3H3,(H2,24,26)(H,27,28). The first kappa shape index (κ1) is 18.8. The van der Waals surface area contributed by atoms with Gasteiger partial charge in [-0.2, -0.15) is 5.10 Å². The topological polar surface area (TPSA) is 113 Å². The van der Waals surface area contributed by atoms with Crippen LogP contribution in [-0.4, -0.2) is 25.7 Å². The Hall–Kier alpha value is -4.20. The molecule has 5 rings (SSSR count). The number of aromatic nitrogens is 4. The van der Waals surface area contributed by atoms with E-state index >= 15 is 0 Å². The summed E-state index contributed by atoms with van der Waals surface area (Å²) in [6.45, 7) is 3.93. The second-order valence-corrected chi connectivity index (χ2v) is 7.56. The van der Waals surface area contributed by atoms with Gasteiger partial charge in [0.15, 0.2) is 0 Å². The molecule has 8 heteroatoms. The lowest BCUT2D eigenvalue weighted by Gasteiger charge is -2.17. The first-order chi connectivity index (χ1) is 14.9. The number of nitrogen functional groups attached to an aromatic ring is 1. The van der Waals surface area contributed by atoms with Gasteiger partial charge in [0.1, 0.15) is 11.6 Å². The summed E-state index contributed by atoms with van der Waals surface area (Å²) in [5.41, 5.74) is 12.2. The molecule has 1 aromatic carbocycles. The molecule has 153 valence electrons. The Labute approximate surface area is 178 Å². The zero-order valence-electron chi connectivity index (χ0n) is 17.3. The Kier molecular flexibility index (Phi) is 4.21.